The fraction of sp³-hybridized carbons (Fsp3) is 0.467. The van der Waals surface area contributed by atoms with Crippen molar-refractivity contribution in [2.24, 2.45) is 0 Å². The normalized spacial score (nSPS) is 20.4. The number of hydrogen-bond acceptors (Lipinski definition) is 6. The molecule has 0 aliphatic carbocycles. The van der Waals surface area contributed by atoms with E-state index in [1.165, 1.54) is 6.20 Å². The van der Waals surface area contributed by atoms with Gasteiger partial charge in [0, 0.05) is 12.7 Å². The van der Waals surface area contributed by atoms with E-state index in [2.05, 4.69) is 20.4 Å². The van der Waals surface area contributed by atoms with Gasteiger partial charge < -0.3 is 14.8 Å². The number of hydrogen-bond donors (Lipinski definition) is 1. The molecule has 2 atom stereocenters. The largest absolute Gasteiger partial charge is 0.482 e. The van der Waals surface area contributed by atoms with E-state index in [1.807, 2.05) is 20.0 Å². The van der Waals surface area contributed by atoms with Gasteiger partial charge in [0.2, 0.25) is 0 Å². The first-order chi connectivity index (χ1) is 11.2. The SMILES string of the molecule is CCn1cc(O[C@@H]2COC[C@@H]2NC(=O)c2cnc(C)cn2)cn1. The molecular weight excluding hydrogens is 298 g/mol. The molecule has 2 aromatic rings. The number of ether oxygens (including phenoxy) is 2. The summed E-state index contributed by atoms with van der Waals surface area (Å²) in [6.45, 7) is 5.41. The fourth-order valence-electron chi connectivity index (χ4n) is 2.29. The van der Waals surface area contributed by atoms with Gasteiger partial charge in [-0.25, -0.2) is 4.98 Å². The molecule has 1 aliphatic heterocycles. The average Bonchev–Trinajstić information content (AvgIpc) is 3.18. The molecule has 0 aromatic carbocycles. The molecule has 122 valence electrons. The molecule has 1 saturated heterocycles. The van der Waals surface area contributed by atoms with Gasteiger partial charge in [0.15, 0.2) is 5.75 Å². The van der Waals surface area contributed by atoms with Crippen LogP contribution in [0.25, 0.3) is 0 Å². The number of carbonyl (C=O) groups excluding carboxylic acids is 1. The highest BCUT2D eigenvalue weighted by Gasteiger charge is 2.32. The van der Waals surface area contributed by atoms with Crippen molar-refractivity contribution in [1.82, 2.24) is 25.1 Å². The van der Waals surface area contributed by atoms with Crippen LogP contribution in [0.1, 0.15) is 23.1 Å². The molecule has 1 amide bonds. The Morgan fingerprint density at radius 2 is 2.26 bits per heavy atom. The average molecular weight is 317 g/mol. The Morgan fingerprint density at radius 3 is 2.96 bits per heavy atom. The Labute approximate surface area is 133 Å². The number of nitrogens with one attached hydrogen (secondary N) is 1. The molecule has 1 N–H and O–H groups in total. The second kappa shape index (κ2) is 6.74. The van der Waals surface area contributed by atoms with E-state index >= 15 is 0 Å². The van der Waals surface area contributed by atoms with Crippen molar-refractivity contribution in [3.05, 3.63) is 36.2 Å². The predicted molar refractivity (Wildman–Crippen MR) is 81.2 cm³/mol. The second-order valence-corrected chi connectivity index (χ2v) is 5.35. The zero-order chi connectivity index (χ0) is 16.2. The maximum atomic E-state index is 12.2. The Morgan fingerprint density at radius 1 is 1.39 bits per heavy atom. The maximum Gasteiger partial charge on any atom is 0.271 e. The number of carbonyl (C=O) groups is 1. The van der Waals surface area contributed by atoms with Crippen molar-refractivity contribution in [3.63, 3.8) is 0 Å². The van der Waals surface area contributed by atoms with E-state index in [4.69, 9.17) is 9.47 Å². The highest BCUT2D eigenvalue weighted by molar-refractivity contribution is 5.92. The van der Waals surface area contributed by atoms with Gasteiger partial charge in [-0.3, -0.25) is 14.5 Å². The van der Waals surface area contributed by atoms with Crippen LogP contribution in [-0.2, 0) is 11.3 Å². The molecule has 1 fully saturated rings. The number of aryl methyl sites for hydroxylation is 2. The molecule has 0 radical (unpaired) electrons. The maximum absolute atomic E-state index is 12.2. The Bertz CT molecular complexity index is 670. The van der Waals surface area contributed by atoms with Gasteiger partial charge in [-0.15, -0.1) is 0 Å². The lowest BCUT2D eigenvalue weighted by Crippen LogP contribution is -2.45. The van der Waals surface area contributed by atoms with Crippen molar-refractivity contribution >= 4 is 5.91 Å². The van der Waals surface area contributed by atoms with E-state index in [1.54, 1.807) is 17.1 Å². The highest BCUT2D eigenvalue weighted by Crippen LogP contribution is 2.16. The minimum absolute atomic E-state index is 0.240. The quantitative estimate of drug-likeness (QED) is 0.867. The Kier molecular flexibility index (Phi) is 4.52. The summed E-state index contributed by atoms with van der Waals surface area (Å²) in [4.78, 5) is 20.4. The van der Waals surface area contributed by atoms with Crippen molar-refractivity contribution in [1.29, 1.82) is 0 Å². The summed E-state index contributed by atoms with van der Waals surface area (Å²) in [5.41, 5.74) is 1.04. The summed E-state index contributed by atoms with van der Waals surface area (Å²) in [6.07, 6.45) is 6.25. The summed E-state index contributed by atoms with van der Waals surface area (Å²) in [6, 6.07) is -0.240. The van der Waals surface area contributed by atoms with E-state index in [9.17, 15) is 4.79 Å². The van der Waals surface area contributed by atoms with Gasteiger partial charge in [-0.1, -0.05) is 0 Å². The topological polar surface area (TPSA) is 91.2 Å². The highest BCUT2D eigenvalue weighted by atomic mass is 16.5. The summed E-state index contributed by atoms with van der Waals surface area (Å²) >= 11 is 0. The molecule has 0 saturated carbocycles. The van der Waals surface area contributed by atoms with Crippen LogP contribution in [0.2, 0.25) is 0 Å². The van der Waals surface area contributed by atoms with E-state index in [0.717, 1.165) is 12.2 Å². The van der Waals surface area contributed by atoms with E-state index in [-0.39, 0.29) is 23.7 Å². The Hall–Kier alpha value is -2.48. The van der Waals surface area contributed by atoms with Crippen molar-refractivity contribution in [2.75, 3.05) is 13.2 Å². The predicted octanol–water partition coefficient (Wildman–Crippen LogP) is 0.578. The molecule has 1 aliphatic rings. The number of rotatable bonds is 5. The third kappa shape index (κ3) is 3.65. The molecule has 2 aromatic heterocycles. The van der Waals surface area contributed by atoms with Gasteiger partial charge in [0.05, 0.1) is 43.5 Å². The van der Waals surface area contributed by atoms with Gasteiger partial charge in [0.1, 0.15) is 11.8 Å². The zero-order valence-corrected chi connectivity index (χ0v) is 13.1. The van der Waals surface area contributed by atoms with Gasteiger partial charge in [0.25, 0.3) is 5.91 Å². The molecular formula is C15H19N5O3. The summed E-state index contributed by atoms with van der Waals surface area (Å²) in [5.74, 6) is 0.377. The molecule has 0 spiro atoms. The molecule has 8 heteroatoms. The van der Waals surface area contributed by atoms with Crippen LogP contribution < -0.4 is 10.1 Å². The molecule has 0 unspecified atom stereocenters. The lowest BCUT2D eigenvalue weighted by Gasteiger charge is -2.19. The number of nitrogens with zero attached hydrogens (tertiary/aromatic N) is 4. The molecule has 3 rings (SSSR count). The van der Waals surface area contributed by atoms with Crippen molar-refractivity contribution in [3.8, 4) is 5.75 Å². The minimum Gasteiger partial charge on any atom is -0.482 e. The lowest BCUT2D eigenvalue weighted by molar-refractivity contribution is 0.0898. The minimum atomic E-state index is -0.286. The first-order valence-corrected chi connectivity index (χ1v) is 7.52. The third-order valence-electron chi connectivity index (χ3n) is 3.58. The Balaban J connectivity index is 1.62. The number of amides is 1. The van der Waals surface area contributed by atoms with Gasteiger partial charge in [-0.2, -0.15) is 5.10 Å². The van der Waals surface area contributed by atoms with Crippen LogP contribution in [-0.4, -0.2) is 51.0 Å². The summed E-state index contributed by atoms with van der Waals surface area (Å²) in [7, 11) is 0. The van der Waals surface area contributed by atoms with Crippen LogP contribution in [0.3, 0.4) is 0 Å². The summed E-state index contributed by atoms with van der Waals surface area (Å²) in [5, 5.41) is 7.05. The molecule has 23 heavy (non-hydrogen) atoms. The monoisotopic (exact) mass is 317 g/mol. The smallest absolute Gasteiger partial charge is 0.271 e. The lowest BCUT2D eigenvalue weighted by atomic mass is 10.2. The molecule has 0 bridgehead atoms. The van der Waals surface area contributed by atoms with Gasteiger partial charge >= 0.3 is 0 Å². The van der Waals surface area contributed by atoms with Crippen LogP contribution in [0.5, 0.6) is 5.75 Å². The van der Waals surface area contributed by atoms with E-state index in [0.29, 0.717) is 19.0 Å². The van der Waals surface area contributed by atoms with E-state index < -0.39 is 0 Å². The van der Waals surface area contributed by atoms with Crippen LogP contribution in [0.4, 0.5) is 0 Å². The standard InChI is InChI=1S/C15H19N5O3/c1-3-20-7-11(5-18-20)23-14-9-22-8-13(14)19-15(21)12-6-16-10(2)4-17-12/h4-7,13-14H,3,8-9H2,1-2H3,(H,19,21)/t13-,14+/m0/s1. The van der Waals surface area contributed by atoms with Crippen molar-refractivity contribution in [2.45, 2.75) is 32.5 Å². The number of aromatic nitrogens is 4. The molecule has 8 nitrogen and oxygen atoms in total. The first-order valence-electron chi connectivity index (χ1n) is 7.52. The van der Waals surface area contributed by atoms with Crippen LogP contribution in [0.15, 0.2) is 24.8 Å². The van der Waals surface area contributed by atoms with Crippen LogP contribution >= 0.6 is 0 Å². The van der Waals surface area contributed by atoms with Crippen molar-refractivity contribution < 1.29 is 14.3 Å². The summed E-state index contributed by atoms with van der Waals surface area (Å²) < 4.78 is 13.1. The van der Waals surface area contributed by atoms with Crippen LogP contribution in [0, 0.1) is 6.92 Å². The fourth-order valence-corrected chi connectivity index (χ4v) is 2.29. The molecule has 3 heterocycles. The third-order valence-corrected chi connectivity index (χ3v) is 3.58. The van der Waals surface area contributed by atoms with Gasteiger partial charge in [-0.05, 0) is 13.8 Å². The second-order valence-electron chi connectivity index (χ2n) is 5.35. The zero-order valence-electron chi connectivity index (χ0n) is 13.1. The first kappa shape index (κ1) is 15.4.